The first kappa shape index (κ1) is 14.7. The highest BCUT2D eigenvalue weighted by Crippen LogP contribution is 2.09. The highest BCUT2D eigenvalue weighted by Gasteiger charge is 2.09. The minimum atomic E-state index is -0.680. The molecule has 0 atom stereocenters. The molecule has 0 saturated carbocycles. The molecular weight excluding hydrogens is 251 g/mol. The largest absolute Gasteiger partial charge is 0.395 e. The zero-order chi connectivity index (χ0) is 14.3. The molecule has 0 radical (unpaired) electrons. The van der Waals surface area contributed by atoms with Crippen molar-refractivity contribution in [1.82, 2.24) is 5.32 Å². The Bertz CT molecular complexity index is 547. The van der Waals surface area contributed by atoms with Gasteiger partial charge in [-0.25, -0.2) is 4.39 Å². The van der Waals surface area contributed by atoms with E-state index in [2.05, 4.69) is 17.2 Å². The lowest BCUT2D eigenvalue weighted by Crippen LogP contribution is -2.33. The van der Waals surface area contributed by atoms with E-state index in [1.165, 1.54) is 12.1 Å². The summed E-state index contributed by atoms with van der Waals surface area (Å²) < 4.78 is 13.6. The van der Waals surface area contributed by atoms with Crippen molar-refractivity contribution in [3.05, 3.63) is 35.1 Å². The molecule has 19 heavy (non-hydrogen) atoms. The van der Waals surface area contributed by atoms with Crippen LogP contribution in [0.1, 0.15) is 22.3 Å². The first-order chi connectivity index (χ1) is 9.04. The fraction of sp³-hybridized carbons (Fsp3) is 0.231. The third-order valence-corrected chi connectivity index (χ3v) is 2.11. The maximum absolute atomic E-state index is 13.6. The summed E-state index contributed by atoms with van der Waals surface area (Å²) in [4.78, 5) is 22.0. The Hall–Kier alpha value is -2.39. The second-order valence-corrected chi connectivity index (χ2v) is 3.62. The molecule has 4 N–H and O–H groups in total. The van der Waals surface area contributed by atoms with Crippen LogP contribution in [0.3, 0.4) is 0 Å². The molecule has 0 saturated heterocycles. The zero-order valence-electron chi connectivity index (χ0n) is 10.1. The molecular formula is C13H13FN2O3. The summed E-state index contributed by atoms with van der Waals surface area (Å²) in [5.74, 6) is 3.21. The second kappa shape index (κ2) is 7.13. The van der Waals surface area contributed by atoms with E-state index in [1.54, 1.807) is 0 Å². The third kappa shape index (κ3) is 4.77. The topological polar surface area (TPSA) is 92.4 Å². The molecule has 0 heterocycles. The van der Waals surface area contributed by atoms with Crippen molar-refractivity contribution >= 4 is 11.8 Å². The molecule has 0 aliphatic heterocycles. The van der Waals surface area contributed by atoms with E-state index in [0.717, 1.165) is 6.07 Å². The molecule has 2 amide bonds. The fourth-order valence-electron chi connectivity index (χ4n) is 1.24. The number of rotatable bonds is 4. The molecule has 0 unspecified atom stereocenters. The smallest absolute Gasteiger partial charge is 0.251 e. The lowest BCUT2D eigenvalue weighted by molar-refractivity contribution is -0.117. The molecule has 100 valence electrons. The average molecular weight is 264 g/mol. The summed E-state index contributed by atoms with van der Waals surface area (Å²) in [7, 11) is 0. The van der Waals surface area contributed by atoms with Gasteiger partial charge in [0.15, 0.2) is 0 Å². The Morgan fingerprint density at radius 2 is 2.16 bits per heavy atom. The first-order valence-electron chi connectivity index (χ1n) is 5.50. The maximum Gasteiger partial charge on any atom is 0.251 e. The summed E-state index contributed by atoms with van der Waals surface area (Å²) in [6.07, 6.45) is 0.250. The van der Waals surface area contributed by atoms with Crippen molar-refractivity contribution in [3.63, 3.8) is 0 Å². The number of nitrogens with one attached hydrogen (secondary N) is 1. The number of aliphatic hydroxyl groups is 1. The second-order valence-electron chi connectivity index (χ2n) is 3.62. The molecule has 0 spiro atoms. The molecule has 1 aromatic rings. The number of carbonyl (C=O) groups excluding carboxylic acids is 2. The summed E-state index contributed by atoms with van der Waals surface area (Å²) in [6, 6.07) is 3.78. The number of primary amides is 1. The summed E-state index contributed by atoms with van der Waals surface area (Å²) in [6.45, 7) is -0.402. The monoisotopic (exact) mass is 264 g/mol. The van der Waals surface area contributed by atoms with Crippen LogP contribution in [0.5, 0.6) is 0 Å². The van der Waals surface area contributed by atoms with Crippen LogP contribution < -0.4 is 11.1 Å². The van der Waals surface area contributed by atoms with Crippen molar-refractivity contribution < 1.29 is 19.1 Å². The van der Waals surface area contributed by atoms with Gasteiger partial charge >= 0.3 is 0 Å². The van der Waals surface area contributed by atoms with Crippen molar-refractivity contribution in [2.45, 2.75) is 6.42 Å². The number of hydrogen-bond acceptors (Lipinski definition) is 3. The third-order valence-electron chi connectivity index (χ3n) is 2.11. The van der Waals surface area contributed by atoms with Gasteiger partial charge in [-0.15, -0.1) is 0 Å². The standard InChI is InChI=1S/C13H13FN2O3/c14-11-7-10(13(19)16-8-12(15)18)5-4-9(11)3-1-2-6-17/h4-5,7,17H,2,6,8H2,(H2,15,18)(H,16,19). The SMILES string of the molecule is NC(=O)CNC(=O)c1ccc(C#CCCO)c(F)c1. The van der Waals surface area contributed by atoms with E-state index in [-0.39, 0.29) is 30.7 Å². The molecule has 0 bridgehead atoms. The number of nitrogens with two attached hydrogens (primary N) is 1. The minimum absolute atomic E-state index is 0.0754. The zero-order valence-corrected chi connectivity index (χ0v) is 10.1. The van der Waals surface area contributed by atoms with Gasteiger partial charge in [-0.05, 0) is 18.2 Å². The lowest BCUT2D eigenvalue weighted by Gasteiger charge is -2.03. The van der Waals surface area contributed by atoms with Crippen LogP contribution in [0.4, 0.5) is 4.39 Å². The molecule has 1 aromatic carbocycles. The number of amides is 2. The van der Waals surface area contributed by atoms with Crippen molar-refractivity contribution in [2.75, 3.05) is 13.2 Å². The van der Waals surface area contributed by atoms with Crippen LogP contribution in [0, 0.1) is 17.7 Å². The van der Waals surface area contributed by atoms with Crippen LogP contribution in [0.2, 0.25) is 0 Å². The van der Waals surface area contributed by atoms with E-state index in [0.29, 0.717) is 0 Å². The van der Waals surface area contributed by atoms with Crippen LogP contribution >= 0.6 is 0 Å². The van der Waals surface area contributed by atoms with Gasteiger partial charge in [0.05, 0.1) is 18.7 Å². The number of carbonyl (C=O) groups is 2. The Morgan fingerprint density at radius 3 is 2.74 bits per heavy atom. The van der Waals surface area contributed by atoms with E-state index in [4.69, 9.17) is 10.8 Å². The molecule has 0 aliphatic rings. The van der Waals surface area contributed by atoms with Gasteiger partial charge in [0.2, 0.25) is 5.91 Å². The van der Waals surface area contributed by atoms with Crippen molar-refractivity contribution in [2.24, 2.45) is 5.73 Å². The lowest BCUT2D eigenvalue weighted by atomic mass is 10.1. The van der Waals surface area contributed by atoms with Gasteiger partial charge in [0.25, 0.3) is 5.91 Å². The maximum atomic E-state index is 13.6. The van der Waals surface area contributed by atoms with Crippen LogP contribution in [0.25, 0.3) is 0 Å². The molecule has 5 nitrogen and oxygen atoms in total. The average Bonchev–Trinajstić information content (AvgIpc) is 2.38. The predicted octanol–water partition coefficient (Wildman–Crippen LogP) is -0.225. The summed E-state index contributed by atoms with van der Waals surface area (Å²) >= 11 is 0. The van der Waals surface area contributed by atoms with E-state index >= 15 is 0 Å². The number of benzene rings is 1. The van der Waals surface area contributed by atoms with E-state index in [9.17, 15) is 14.0 Å². The minimum Gasteiger partial charge on any atom is -0.395 e. The Labute approximate surface area is 109 Å². The highest BCUT2D eigenvalue weighted by atomic mass is 19.1. The van der Waals surface area contributed by atoms with Gasteiger partial charge in [0.1, 0.15) is 5.82 Å². The van der Waals surface area contributed by atoms with Gasteiger partial charge in [-0.3, -0.25) is 9.59 Å². The summed E-state index contributed by atoms with van der Waals surface area (Å²) in [5, 5.41) is 10.8. The molecule has 0 fully saturated rings. The predicted molar refractivity (Wildman–Crippen MR) is 66.5 cm³/mol. The van der Waals surface area contributed by atoms with Crippen LogP contribution in [0.15, 0.2) is 18.2 Å². The number of hydrogen-bond donors (Lipinski definition) is 3. The molecule has 1 rings (SSSR count). The van der Waals surface area contributed by atoms with Crippen LogP contribution in [-0.4, -0.2) is 30.1 Å². The quantitative estimate of drug-likeness (QED) is 0.656. The van der Waals surface area contributed by atoms with Gasteiger partial charge in [0, 0.05) is 12.0 Å². The van der Waals surface area contributed by atoms with Crippen LogP contribution in [-0.2, 0) is 4.79 Å². The number of aliphatic hydroxyl groups excluding tert-OH is 1. The van der Waals surface area contributed by atoms with Crippen molar-refractivity contribution in [1.29, 1.82) is 0 Å². The van der Waals surface area contributed by atoms with Crippen molar-refractivity contribution in [3.8, 4) is 11.8 Å². The highest BCUT2D eigenvalue weighted by molar-refractivity contribution is 5.96. The Balaban J connectivity index is 2.79. The molecule has 0 aliphatic carbocycles. The fourth-order valence-corrected chi connectivity index (χ4v) is 1.24. The van der Waals surface area contributed by atoms with Gasteiger partial charge < -0.3 is 16.2 Å². The Morgan fingerprint density at radius 1 is 1.42 bits per heavy atom. The molecule has 0 aromatic heterocycles. The van der Waals surface area contributed by atoms with E-state index < -0.39 is 17.6 Å². The molecule has 6 heteroatoms. The normalized spacial score (nSPS) is 9.37. The first-order valence-corrected chi connectivity index (χ1v) is 5.50. The van der Waals surface area contributed by atoms with Gasteiger partial charge in [-0.2, -0.15) is 0 Å². The summed E-state index contributed by atoms with van der Waals surface area (Å²) in [5.41, 5.74) is 5.09. The Kier molecular flexibility index (Phi) is 5.51. The number of halogens is 1. The van der Waals surface area contributed by atoms with E-state index in [1.807, 2.05) is 0 Å². The van der Waals surface area contributed by atoms with Gasteiger partial charge in [-0.1, -0.05) is 11.8 Å².